The summed E-state index contributed by atoms with van der Waals surface area (Å²) in [4.78, 5) is 11.4. The number of hydrogen-bond donors (Lipinski definition) is 0. The number of allylic oxidation sites excluding steroid dienone is 1. The smallest absolute Gasteiger partial charge is 0.332 e. The van der Waals surface area contributed by atoms with Gasteiger partial charge in [0.05, 0.1) is 0 Å². The van der Waals surface area contributed by atoms with Gasteiger partial charge in [-0.05, 0) is 70.2 Å². The van der Waals surface area contributed by atoms with E-state index in [4.69, 9.17) is 9.47 Å². The molecule has 0 unspecified atom stereocenters. The molecule has 4 heteroatoms. The first kappa shape index (κ1) is 20.4. The van der Waals surface area contributed by atoms with Gasteiger partial charge in [-0.15, -0.1) is 0 Å². The van der Waals surface area contributed by atoms with E-state index >= 15 is 0 Å². The van der Waals surface area contributed by atoms with Crippen LogP contribution in [-0.2, 0) is 14.3 Å². The van der Waals surface area contributed by atoms with E-state index in [0.717, 1.165) is 31.2 Å². The highest BCUT2D eigenvalue weighted by Gasteiger charge is 2.15. The molecule has 0 aromatic heterocycles. The summed E-state index contributed by atoms with van der Waals surface area (Å²) in [6.07, 6.45) is 8.13. The van der Waals surface area contributed by atoms with Crippen molar-refractivity contribution in [3.8, 4) is 0 Å². The molecular formula is C20H29FO3. The maximum absolute atomic E-state index is 13.2. The average Bonchev–Trinajstić information content (AvgIpc) is 2.47. The summed E-state index contributed by atoms with van der Waals surface area (Å²) >= 11 is 0. The predicted octanol–water partition coefficient (Wildman–Crippen LogP) is 5.07. The highest BCUT2D eigenvalue weighted by atomic mass is 19.1. The van der Waals surface area contributed by atoms with Gasteiger partial charge in [-0.25, -0.2) is 9.18 Å². The van der Waals surface area contributed by atoms with Crippen LogP contribution < -0.4 is 0 Å². The molecule has 0 aliphatic rings. The number of halogens is 1. The van der Waals surface area contributed by atoms with Crippen molar-refractivity contribution in [2.75, 3.05) is 13.2 Å². The molecule has 0 radical (unpaired) electrons. The minimum Gasteiger partial charge on any atom is -0.458 e. The lowest BCUT2D eigenvalue weighted by molar-refractivity contribution is -0.160. The van der Waals surface area contributed by atoms with E-state index in [1.165, 1.54) is 6.07 Å². The Kier molecular flexibility index (Phi) is 8.69. The first-order chi connectivity index (χ1) is 11.3. The Labute approximate surface area is 144 Å². The van der Waals surface area contributed by atoms with Crippen LogP contribution >= 0.6 is 0 Å². The van der Waals surface area contributed by atoms with Crippen LogP contribution in [0.25, 0.3) is 6.08 Å². The zero-order chi connectivity index (χ0) is 18.0. The Morgan fingerprint density at radius 2 is 1.96 bits per heavy atom. The third-order valence-corrected chi connectivity index (χ3v) is 3.29. The van der Waals surface area contributed by atoms with Crippen molar-refractivity contribution in [1.82, 2.24) is 0 Å². The second-order valence-electron chi connectivity index (χ2n) is 6.90. The van der Waals surface area contributed by atoms with Crippen molar-refractivity contribution in [3.05, 3.63) is 41.2 Å². The van der Waals surface area contributed by atoms with Crippen molar-refractivity contribution in [2.45, 2.75) is 59.0 Å². The van der Waals surface area contributed by atoms with Gasteiger partial charge in [0.15, 0.2) is 0 Å². The van der Waals surface area contributed by atoms with E-state index in [1.54, 1.807) is 13.0 Å². The van der Waals surface area contributed by atoms with Crippen molar-refractivity contribution >= 4 is 12.0 Å². The van der Waals surface area contributed by atoms with Gasteiger partial charge in [0.25, 0.3) is 0 Å². The standard InChI is InChI=1S/C20H29FO3/c1-16-14-17(11-12-18(16)21)10-8-6-5-7-9-13-23-15-19(22)24-20(2,3)4/h8,10-12,14H,5-7,9,13,15H2,1-4H3. The normalized spacial score (nSPS) is 11.9. The number of unbranched alkanes of at least 4 members (excludes halogenated alkanes) is 3. The van der Waals surface area contributed by atoms with Gasteiger partial charge in [-0.1, -0.05) is 24.6 Å². The van der Waals surface area contributed by atoms with E-state index in [1.807, 2.05) is 32.9 Å². The van der Waals surface area contributed by atoms with Crippen LogP contribution in [0.3, 0.4) is 0 Å². The molecule has 0 saturated carbocycles. The number of carbonyl (C=O) groups is 1. The van der Waals surface area contributed by atoms with Crippen LogP contribution in [0, 0.1) is 12.7 Å². The van der Waals surface area contributed by atoms with Crippen LogP contribution in [-0.4, -0.2) is 24.8 Å². The summed E-state index contributed by atoms with van der Waals surface area (Å²) < 4.78 is 23.6. The highest BCUT2D eigenvalue weighted by molar-refractivity contribution is 5.71. The summed E-state index contributed by atoms with van der Waals surface area (Å²) in [6.45, 7) is 7.87. The van der Waals surface area contributed by atoms with Crippen LogP contribution in [0.4, 0.5) is 4.39 Å². The molecule has 0 N–H and O–H groups in total. The molecule has 24 heavy (non-hydrogen) atoms. The van der Waals surface area contributed by atoms with Gasteiger partial charge >= 0.3 is 5.97 Å². The Balaban J connectivity index is 2.05. The minimum atomic E-state index is -0.462. The van der Waals surface area contributed by atoms with Crippen LogP contribution in [0.1, 0.15) is 57.6 Å². The monoisotopic (exact) mass is 336 g/mol. The molecule has 0 aliphatic heterocycles. The van der Waals surface area contributed by atoms with Gasteiger partial charge in [-0.3, -0.25) is 0 Å². The fourth-order valence-corrected chi connectivity index (χ4v) is 2.16. The number of ether oxygens (including phenoxy) is 2. The fraction of sp³-hybridized carbons (Fsp3) is 0.550. The number of carbonyl (C=O) groups excluding carboxylic acids is 1. The molecule has 3 nitrogen and oxygen atoms in total. The van der Waals surface area contributed by atoms with Crippen molar-refractivity contribution < 1.29 is 18.7 Å². The Morgan fingerprint density at radius 3 is 2.62 bits per heavy atom. The molecule has 0 heterocycles. The zero-order valence-corrected chi connectivity index (χ0v) is 15.2. The van der Waals surface area contributed by atoms with Crippen molar-refractivity contribution in [2.24, 2.45) is 0 Å². The molecule has 1 aromatic rings. The number of esters is 1. The second-order valence-corrected chi connectivity index (χ2v) is 6.90. The maximum atomic E-state index is 13.2. The summed E-state index contributed by atoms with van der Waals surface area (Å²) in [5.74, 6) is -0.487. The molecule has 0 amide bonds. The lowest BCUT2D eigenvalue weighted by atomic mass is 10.1. The van der Waals surface area contributed by atoms with Crippen LogP contribution in [0.2, 0.25) is 0 Å². The number of aryl methyl sites for hydroxylation is 1. The van der Waals surface area contributed by atoms with Gasteiger partial charge in [0, 0.05) is 6.61 Å². The Morgan fingerprint density at radius 1 is 1.21 bits per heavy atom. The molecule has 0 aliphatic carbocycles. The third kappa shape index (κ3) is 9.46. The summed E-state index contributed by atoms with van der Waals surface area (Å²) in [5, 5.41) is 0. The number of hydrogen-bond acceptors (Lipinski definition) is 3. The topological polar surface area (TPSA) is 35.5 Å². The highest BCUT2D eigenvalue weighted by Crippen LogP contribution is 2.12. The fourth-order valence-electron chi connectivity index (χ4n) is 2.16. The lowest BCUT2D eigenvalue weighted by Crippen LogP contribution is -2.26. The van der Waals surface area contributed by atoms with E-state index < -0.39 is 5.60 Å². The summed E-state index contributed by atoms with van der Waals surface area (Å²) in [7, 11) is 0. The molecule has 0 spiro atoms. The third-order valence-electron chi connectivity index (χ3n) is 3.29. The van der Waals surface area contributed by atoms with E-state index in [9.17, 15) is 9.18 Å². The molecule has 1 aromatic carbocycles. The largest absolute Gasteiger partial charge is 0.458 e. The van der Waals surface area contributed by atoms with E-state index in [0.29, 0.717) is 12.2 Å². The molecule has 0 atom stereocenters. The van der Waals surface area contributed by atoms with E-state index in [-0.39, 0.29) is 18.4 Å². The molecule has 0 saturated heterocycles. The first-order valence-electron chi connectivity index (χ1n) is 8.50. The zero-order valence-electron chi connectivity index (χ0n) is 15.2. The van der Waals surface area contributed by atoms with Gasteiger partial charge < -0.3 is 9.47 Å². The summed E-state index contributed by atoms with van der Waals surface area (Å²) in [6, 6.07) is 5.12. The summed E-state index contributed by atoms with van der Waals surface area (Å²) in [5.41, 5.74) is 1.23. The van der Waals surface area contributed by atoms with Crippen LogP contribution in [0.15, 0.2) is 24.3 Å². The van der Waals surface area contributed by atoms with E-state index in [2.05, 4.69) is 6.08 Å². The van der Waals surface area contributed by atoms with Crippen molar-refractivity contribution in [3.63, 3.8) is 0 Å². The number of benzene rings is 1. The first-order valence-corrected chi connectivity index (χ1v) is 8.50. The second kappa shape index (κ2) is 10.2. The Hall–Kier alpha value is -1.68. The number of rotatable bonds is 9. The van der Waals surface area contributed by atoms with Crippen LogP contribution in [0.5, 0.6) is 0 Å². The molecule has 0 fully saturated rings. The molecule has 1 rings (SSSR count). The van der Waals surface area contributed by atoms with Gasteiger partial charge in [0.2, 0.25) is 0 Å². The predicted molar refractivity (Wildman–Crippen MR) is 95.3 cm³/mol. The average molecular weight is 336 g/mol. The lowest BCUT2D eigenvalue weighted by Gasteiger charge is -2.19. The van der Waals surface area contributed by atoms with Gasteiger partial charge in [-0.2, -0.15) is 0 Å². The molecule has 0 bridgehead atoms. The minimum absolute atomic E-state index is 0.0150. The Bertz CT molecular complexity index is 544. The molecular weight excluding hydrogens is 307 g/mol. The maximum Gasteiger partial charge on any atom is 0.332 e. The SMILES string of the molecule is Cc1cc(C=CCCCCCOCC(=O)OC(C)(C)C)ccc1F. The van der Waals surface area contributed by atoms with Crippen molar-refractivity contribution in [1.29, 1.82) is 0 Å². The van der Waals surface area contributed by atoms with Gasteiger partial charge in [0.1, 0.15) is 18.0 Å². The molecule has 134 valence electrons. The quantitative estimate of drug-likeness (QED) is 0.467.